The van der Waals surface area contributed by atoms with Gasteiger partial charge in [-0.25, -0.2) is 0 Å². The molecule has 38 nitrogen and oxygen atoms in total. The van der Waals surface area contributed by atoms with Crippen LogP contribution in [0.3, 0.4) is 0 Å². The van der Waals surface area contributed by atoms with Gasteiger partial charge in [0.15, 0.2) is 50.3 Å². The smallest absolute Gasteiger partial charge is 0.304 e. The molecule has 113 heavy (non-hydrogen) atoms. The minimum atomic E-state index is -2.20. The Labute approximate surface area is 686 Å². The van der Waals surface area contributed by atoms with Crippen molar-refractivity contribution >= 4 is 112 Å². The minimum Gasteiger partial charge on any atom is -0.481 e. The highest BCUT2D eigenvalue weighted by atomic mass is 32.2. The van der Waals surface area contributed by atoms with Gasteiger partial charge in [0.25, 0.3) is 0 Å². The van der Waals surface area contributed by atoms with Crippen molar-refractivity contribution in [3.8, 4) is 0 Å². The number of aliphatic hydroxyl groups is 16. The van der Waals surface area contributed by atoms with Crippen LogP contribution in [-0.4, -0.2) is 453 Å². The molecule has 16 bridgehead atoms. The standard InChI is InChI=1S/C67H112O38S8/c1-6-106-17-25-52-36(74)44(82)60(90-25)99-53-26(18-107-7-2)92-62(46(84)38(53)76)101-55-28(20-109-9-4)94-64(48(86)40(55)78)103-57-30(22-111-14-11-33(68)69)96-66(50(88)42(57)80)105-59-32(24-113-16-13-35(72)73)97-67(51(89)43(59)81)104-58-31(23-112-15-12-34(70)71)95-65(49(87)41(58)79)102-56-29(21-110-10-5)93-63(47(85)39(56)77)100-54-27(19-108-8-3)91-61(98-52)45(83)37(54)75/h25-32,36-67,74-89H,6-24H2,1-5H3,(H,68,69)(H,70,71)(H,72,73). The Kier molecular flexibility index (Phi) is 39.9. The SMILES string of the molecule is CCSCC1OC2OC3C(CSCC)OC(OC4C(CSCC)OC(OC5C(CSCCC(=O)O)OC(OC6C(CSCCC(=O)O)OC(OC7C(CSCCC(=O)O)OC(OC8C(CSCC)OC(OC9C(CSCC)OC(OC1C(O)C2O)C(O)C9O)C(O)C8O)C(O)C7O)C(O)C6O)C(O)C5O)C(O)C4O)C(O)C3O. The number of thioether (sulfide) groups is 8. The van der Waals surface area contributed by atoms with Crippen LogP contribution in [0, 0.1) is 0 Å². The number of aliphatic hydroxyl groups excluding tert-OH is 16. The van der Waals surface area contributed by atoms with Gasteiger partial charge in [-0.15, -0.1) is 0 Å². The lowest BCUT2D eigenvalue weighted by Gasteiger charge is -2.51. The maximum absolute atomic E-state index is 12.2. The van der Waals surface area contributed by atoms with E-state index in [2.05, 4.69) is 0 Å². The van der Waals surface area contributed by atoms with E-state index >= 15 is 0 Å². The van der Waals surface area contributed by atoms with Crippen LogP contribution in [0.1, 0.15) is 53.9 Å². The van der Waals surface area contributed by atoms with Gasteiger partial charge in [-0.2, -0.15) is 94.1 Å². The lowest BCUT2D eigenvalue weighted by Crippen LogP contribution is -2.69. The number of carboxylic acids is 3. The fourth-order valence-corrected chi connectivity index (χ4v) is 20.7. The lowest BCUT2D eigenvalue weighted by atomic mass is 9.95. The molecule has 30 fully saturated rings. The van der Waals surface area contributed by atoms with Crippen LogP contribution >= 0.6 is 94.1 Å². The van der Waals surface area contributed by atoms with Crippen LogP contribution in [0.15, 0.2) is 0 Å². The zero-order valence-electron chi connectivity index (χ0n) is 62.5. The van der Waals surface area contributed by atoms with Gasteiger partial charge in [-0.3, -0.25) is 14.4 Å². The van der Waals surface area contributed by atoms with Crippen molar-refractivity contribution in [1.82, 2.24) is 0 Å². The molecule has 0 aromatic heterocycles. The van der Waals surface area contributed by atoms with Crippen LogP contribution < -0.4 is 0 Å². The number of aliphatic carboxylic acids is 3. The van der Waals surface area contributed by atoms with E-state index in [1.54, 1.807) is 13.8 Å². The van der Waals surface area contributed by atoms with Crippen LogP contribution in [0.2, 0.25) is 0 Å². The highest BCUT2D eigenvalue weighted by Gasteiger charge is 2.61. The number of ether oxygens (including phenoxy) is 16. The van der Waals surface area contributed by atoms with Gasteiger partial charge in [-0.05, 0) is 28.8 Å². The topological polar surface area (TPSA) is 583 Å². The zero-order valence-corrected chi connectivity index (χ0v) is 69.1. The summed E-state index contributed by atoms with van der Waals surface area (Å²) >= 11 is 9.44. The first-order valence-electron chi connectivity index (χ1n) is 37.6. The molecule has 30 aliphatic heterocycles. The first kappa shape index (κ1) is 96.7. The third-order valence-electron chi connectivity index (χ3n) is 20.1. The normalized spacial score (nSPS) is 45.6. The number of rotatable bonds is 30. The van der Waals surface area contributed by atoms with Gasteiger partial charge in [-0.1, -0.05) is 34.6 Å². The molecule has 30 saturated heterocycles. The summed E-state index contributed by atoms with van der Waals surface area (Å²) in [5.41, 5.74) is 0. The molecule has 0 aromatic rings. The summed E-state index contributed by atoms with van der Waals surface area (Å²) in [5.74, 6) is -2.03. The largest absolute Gasteiger partial charge is 0.481 e. The first-order chi connectivity index (χ1) is 54.0. The van der Waals surface area contributed by atoms with Gasteiger partial charge in [0.2, 0.25) is 0 Å². The van der Waals surface area contributed by atoms with E-state index in [9.17, 15) is 111 Å². The second kappa shape index (κ2) is 46.6. The maximum Gasteiger partial charge on any atom is 0.304 e. The molecule has 0 radical (unpaired) electrons. The molecular weight excluding hydrogens is 1670 g/mol. The van der Waals surface area contributed by atoms with E-state index in [1.165, 1.54) is 58.8 Å². The summed E-state index contributed by atoms with van der Waals surface area (Å²) < 4.78 is 101. The van der Waals surface area contributed by atoms with Crippen molar-refractivity contribution in [3.05, 3.63) is 0 Å². The predicted molar refractivity (Wildman–Crippen MR) is 408 cm³/mol. The second-order valence-corrected chi connectivity index (χ2v) is 38.0. The Bertz CT molecular complexity index is 2810. The first-order valence-corrected chi connectivity index (χ1v) is 46.8. The molecule has 40 unspecified atom stereocenters. The number of hydrogen-bond donors (Lipinski definition) is 19. The molecular formula is C67H112O38S8. The Hall–Kier alpha value is -0.0700. The van der Waals surface area contributed by atoms with Crippen molar-refractivity contribution in [2.75, 3.05) is 92.0 Å². The maximum atomic E-state index is 12.2. The molecule has 30 aliphatic rings. The summed E-state index contributed by atoms with van der Waals surface area (Å²) in [6, 6.07) is 0. The van der Waals surface area contributed by atoms with Gasteiger partial charge in [0, 0.05) is 63.3 Å². The van der Waals surface area contributed by atoms with Crippen LogP contribution in [0.5, 0.6) is 0 Å². The highest BCUT2D eigenvalue weighted by molar-refractivity contribution is 8.00. The molecule has 0 saturated carbocycles. The summed E-state index contributed by atoms with van der Waals surface area (Å²) in [7, 11) is 0. The Balaban J connectivity index is 1.07. The molecule has 656 valence electrons. The van der Waals surface area contributed by atoms with Crippen molar-refractivity contribution < 1.29 is 187 Å². The number of carboxylic acid groups (broad SMARTS) is 3. The van der Waals surface area contributed by atoms with Gasteiger partial charge in [0.05, 0.1) is 68.1 Å². The summed E-state index contributed by atoms with van der Waals surface area (Å²) in [6.07, 6.45) is -73.1. The number of carbonyl (C=O) groups is 3. The monoisotopic (exact) mass is 1780 g/mol. The lowest BCUT2D eigenvalue weighted by molar-refractivity contribution is -0.396. The molecule has 0 aliphatic carbocycles. The number of hydrogen-bond acceptors (Lipinski definition) is 43. The highest BCUT2D eigenvalue weighted by Crippen LogP contribution is 2.43. The fourth-order valence-electron chi connectivity index (χ4n) is 14.0. The molecule has 46 heteroatoms. The third-order valence-corrected chi connectivity index (χ3v) is 28.1. The zero-order chi connectivity index (χ0) is 82.2. The molecule has 0 spiro atoms. The minimum absolute atomic E-state index is 0.0129. The van der Waals surface area contributed by atoms with Crippen LogP contribution in [0.4, 0.5) is 0 Å². The van der Waals surface area contributed by atoms with E-state index in [0.717, 1.165) is 35.3 Å². The molecule has 0 aromatic carbocycles. The van der Waals surface area contributed by atoms with E-state index in [4.69, 9.17) is 75.8 Å². The summed E-state index contributed by atoms with van der Waals surface area (Å²) in [4.78, 5) is 35.2. The molecule has 30 heterocycles. The van der Waals surface area contributed by atoms with E-state index in [1.807, 2.05) is 20.8 Å². The average molecular weight is 1780 g/mol. The summed E-state index contributed by atoms with van der Waals surface area (Å²) in [5, 5.41) is 222. The van der Waals surface area contributed by atoms with E-state index in [0.29, 0.717) is 28.8 Å². The van der Waals surface area contributed by atoms with Crippen molar-refractivity contribution in [2.24, 2.45) is 0 Å². The van der Waals surface area contributed by atoms with Crippen LogP contribution in [-0.2, 0) is 90.2 Å². The molecule has 0 amide bonds. The predicted octanol–water partition coefficient (Wildman–Crippen LogP) is -4.96. The second-order valence-electron chi connectivity index (χ2n) is 28.0. The van der Waals surface area contributed by atoms with E-state index in [-0.39, 0.29) is 82.5 Å². The fraction of sp³-hybridized carbons (Fsp3) is 0.955. The quantitative estimate of drug-likeness (QED) is 0.0300. The molecule has 30 rings (SSSR count). The van der Waals surface area contributed by atoms with E-state index < -0.39 is 264 Å². The Morgan fingerprint density at radius 1 is 0.204 bits per heavy atom. The van der Waals surface area contributed by atoms with Crippen molar-refractivity contribution in [3.63, 3.8) is 0 Å². The van der Waals surface area contributed by atoms with Crippen LogP contribution in [0.25, 0.3) is 0 Å². The van der Waals surface area contributed by atoms with Gasteiger partial charge in [0.1, 0.15) is 146 Å². The van der Waals surface area contributed by atoms with Gasteiger partial charge < -0.3 is 173 Å². The Morgan fingerprint density at radius 3 is 0.442 bits per heavy atom. The van der Waals surface area contributed by atoms with Crippen molar-refractivity contribution in [2.45, 2.75) is 300 Å². The average Bonchev–Trinajstić information content (AvgIpc) is 0.774. The molecule has 19 N–H and O–H groups in total. The van der Waals surface area contributed by atoms with Gasteiger partial charge >= 0.3 is 17.9 Å². The third kappa shape index (κ3) is 24.9. The Morgan fingerprint density at radius 2 is 0.327 bits per heavy atom. The summed E-state index contributed by atoms with van der Waals surface area (Å²) in [6.45, 7) is 9.11. The van der Waals surface area contributed by atoms with Crippen molar-refractivity contribution in [1.29, 1.82) is 0 Å². The molecule has 40 atom stereocenters.